The lowest BCUT2D eigenvalue weighted by molar-refractivity contribution is 0.0754. The van der Waals surface area contributed by atoms with Crippen LogP contribution in [0.15, 0.2) is 39.5 Å². The SMILES string of the molecule is O=c1ccc2ccc(OCC[C@@H](O)CO)cc2o1. The fraction of sp³-hybridized carbons (Fsp3) is 0.308. The maximum absolute atomic E-state index is 11.1. The van der Waals surface area contributed by atoms with Crippen molar-refractivity contribution >= 4 is 11.0 Å². The number of ether oxygens (including phenoxy) is 1. The summed E-state index contributed by atoms with van der Waals surface area (Å²) < 4.78 is 10.4. The minimum absolute atomic E-state index is 0.282. The van der Waals surface area contributed by atoms with E-state index in [0.29, 0.717) is 17.8 Å². The number of aliphatic hydroxyl groups excluding tert-OH is 2. The quantitative estimate of drug-likeness (QED) is 0.771. The van der Waals surface area contributed by atoms with Crippen molar-refractivity contribution < 1.29 is 19.4 Å². The van der Waals surface area contributed by atoms with E-state index >= 15 is 0 Å². The molecule has 0 unspecified atom stereocenters. The highest BCUT2D eigenvalue weighted by Gasteiger charge is 2.03. The molecule has 0 spiro atoms. The van der Waals surface area contributed by atoms with Crippen LogP contribution in [0.1, 0.15) is 6.42 Å². The highest BCUT2D eigenvalue weighted by atomic mass is 16.5. The molecule has 0 fully saturated rings. The molecule has 0 bridgehead atoms. The van der Waals surface area contributed by atoms with Crippen LogP contribution in [0.2, 0.25) is 0 Å². The van der Waals surface area contributed by atoms with Gasteiger partial charge in [-0.15, -0.1) is 0 Å². The lowest BCUT2D eigenvalue weighted by atomic mass is 10.2. The monoisotopic (exact) mass is 250 g/mol. The minimum Gasteiger partial charge on any atom is -0.493 e. The van der Waals surface area contributed by atoms with Crippen LogP contribution in [0.4, 0.5) is 0 Å². The van der Waals surface area contributed by atoms with Gasteiger partial charge in [0.15, 0.2) is 0 Å². The van der Waals surface area contributed by atoms with Gasteiger partial charge in [-0.3, -0.25) is 0 Å². The third-order valence-corrected chi connectivity index (χ3v) is 2.53. The van der Waals surface area contributed by atoms with Crippen LogP contribution in [-0.4, -0.2) is 29.5 Å². The molecule has 0 saturated carbocycles. The molecule has 5 nitrogen and oxygen atoms in total. The second kappa shape index (κ2) is 5.66. The van der Waals surface area contributed by atoms with Crippen LogP contribution in [0, 0.1) is 0 Å². The van der Waals surface area contributed by atoms with E-state index in [2.05, 4.69) is 0 Å². The smallest absolute Gasteiger partial charge is 0.336 e. The first-order valence-electron chi connectivity index (χ1n) is 5.64. The zero-order valence-corrected chi connectivity index (χ0v) is 9.70. The molecule has 2 aromatic rings. The largest absolute Gasteiger partial charge is 0.493 e. The van der Waals surface area contributed by atoms with E-state index in [4.69, 9.17) is 19.4 Å². The van der Waals surface area contributed by atoms with Gasteiger partial charge in [0.1, 0.15) is 11.3 Å². The number of fused-ring (bicyclic) bond motifs is 1. The Morgan fingerprint density at radius 1 is 1.28 bits per heavy atom. The summed E-state index contributed by atoms with van der Waals surface area (Å²) in [5, 5.41) is 18.6. The molecule has 1 aromatic heterocycles. The summed E-state index contributed by atoms with van der Waals surface area (Å²) in [7, 11) is 0. The lowest BCUT2D eigenvalue weighted by Gasteiger charge is -2.09. The van der Waals surface area contributed by atoms with E-state index in [9.17, 15) is 4.79 Å². The van der Waals surface area contributed by atoms with Gasteiger partial charge in [0.25, 0.3) is 0 Å². The molecule has 96 valence electrons. The first-order valence-corrected chi connectivity index (χ1v) is 5.64. The number of hydrogen-bond donors (Lipinski definition) is 2. The Morgan fingerprint density at radius 3 is 2.83 bits per heavy atom. The summed E-state index contributed by atoms with van der Waals surface area (Å²) in [6.07, 6.45) is -0.434. The highest BCUT2D eigenvalue weighted by Crippen LogP contribution is 2.19. The van der Waals surface area contributed by atoms with E-state index < -0.39 is 11.7 Å². The molecule has 1 aromatic carbocycles. The number of rotatable bonds is 5. The summed E-state index contributed by atoms with van der Waals surface area (Å²) in [4.78, 5) is 11.1. The Hall–Kier alpha value is -1.85. The van der Waals surface area contributed by atoms with Crippen LogP contribution < -0.4 is 10.4 Å². The normalized spacial score (nSPS) is 12.6. The van der Waals surface area contributed by atoms with Crippen LogP contribution in [0.5, 0.6) is 5.75 Å². The van der Waals surface area contributed by atoms with Crippen molar-refractivity contribution in [3.8, 4) is 5.75 Å². The molecule has 0 radical (unpaired) electrons. The molecule has 2 rings (SSSR count). The Bertz CT molecular complexity index is 575. The molecule has 0 saturated heterocycles. The molecule has 1 atom stereocenters. The van der Waals surface area contributed by atoms with Crippen molar-refractivity contribution in [1.29, 1.82) is 0 Å². The zero-order chi connectivity index (χ0) is 13.0. The third-order valence-electron chi connectivity index (χ3n) is 2.53. The molecule has 1 heterocycles. The molecular weight excluding hydrogens is 236 g/mol. The minimum atomic E-state index is -0.775. The molecular formula is C13H14O5. The van der Waals surface area contributed by atoms with Crippen molar-refractivity contribution in [2.45, 2.75) is 12.5 Å². The summed E-state index contributed by atoms with van der Waals surface area (Å²) in [6.45, 7) is 0.000252. The van der Waals surface area contributed by atoms with Crippen molar-refractivity contribution in [2.75, 3.05) is 13.2 Å². The fourth-order valence-electron chi connectivity index (χ4n) is 1.53. The van der Waals surface area contributed by atoms with Gasteiger partial charge in [0.2, 0.25) is 0 Å². The van der Waals surface area contributed by atoms with Crippen LogP contribution in [0.3, 0.4) is 0 Å². The molecule has 18 heavy (non-hydrogen) atoms. The molecule has 0 aliphatic carbocycles. The number of aliphatic hydroxyl groups is 2. The van der Waals surface area contributed by atoms with E-state index in [0.717, 1.165) is 5.39 Å². The molecule has 0 amide bonds. The molecule has 5 heteroatoms. The summed E-state index contributed by atoms with van der Waals surface area (Å²) in [6, 6.07) is 8.22. The number of hydrogen-bond acceptors (Lipinski definition) is 5. The highest BCUT2D eigenvalue weighted by molar-refractivity contribution is 5.77. The van der Waals surface area contributed by atoms with Crippen LogP contribution in [-0.2, 0) is 0 Å². The first-order chi connectivity index (χ1) is 8.69. The van der Waals surface area contributed by atoms with Gasteiger partial charge in [-0.1, -0.05) is 0 Å². The van der Waals surface area contributed by atoms with Gasteiger partial charge in [-0.05, 0) is 18.2 Å². The third kappa shape index (κ3) is 3.09. The maximum Gasteiger partial charge on any atom is 0.336 e. The van der Waals surface area contributed by atoms with Gasteiger partial charge >= 0.3 is 5.63 Å². The summed E-state index contributed by atoms with van der Waals surface area (Å²) in [5.41, 5.74) is 0.0538. The number of benzene rings is 1. The van der Waals surface area contributed by atoms with E-state index in [1.54, 1.807) is 24.3 Å². The molecule has 0 aliphatic heterocycles. The Labute approximate surface area is 103 Å². The second-order valence-electron chi connectivity index (χ2n) is 3.93. The van der Waals surface area contributed by atoms with E-state index in [1.807, 2.05) is 0 Å². The van der Waals surface area contributed by atoms with E-state index in [1.165, 1.54) is 6.07 Å². The average molecular weight is 250 g/mol. The summed E-state index contributed by atoms with van der Waals surface area (Å²) in [5.74, 6) is 0.557. The Balaban J connectivity index is 2.07. The van der Waals surface area contributed by atoms with Gasteiger partial charge < -0.3 is 19.4 Å². The summed E-state index contributed by atoms with van der Waals surface area (Å²) >= 11 is 0. The Kier molecular flexibility index (Phi) is 3.96. The first kappa shape index (κ1) is 12.6. The Morgan fingerprint density at radius 2 is 2.06 bits per heavy atom. The lowest BCUT2D eigenvalue weighted by Crippen LogP contribution is -2.15. The van der Waals surface area contributed by atoms with Crippen molar-refractivity contribution in [2.24, 2.45) is 0 Å². The van der Waals surface area contributed by atoms with Crippen molar-refractivity contribution in [3.63, 3.8) is 0 Å². The van der Waals surface area contributed by atoms with Crippen molar-refractivity contribution in [1.82, 2.24) is 0 Å². The van der Waals surface area contributed by atoms with Gasteiger partial charge in [0, 0.05) is 23.9 Å². The van der Waals surface area contributed by atoms with Gasteiger partial charge in [0.05, 0.1) is 19.3 Å². The zero-order valence-electron chi connectivity index (χ0n) is 9.70. The van der Waals surface area contributed by atoms with E-state index in [-0.39, 0.29) is 13.2 Å². The fourth-order valence-corrected chi connectivity index (χ4v) is 1.53. The van der Waals surface area contributed by atoms with Gasteiger partial charge in [-0.25, -0.2) is 4.79 Å². The predicted octanol–water partition coefficient (Wildman–Crippen LogP) is 0.915. The standard InChI is InChI=1S/C13H14O5/c14-8-10(15)5-6-17-11-3-1-9-2-4-13(16)18-12(9)7-11/h1-4,7,10,14-15H,5-6,8H2/t10-/m1/s1. The van der Waals surface area contributed by atoms with Crippen LogP contribution >= 0.6 is 0 Å². The predicted molar refractivity (Wildman–Crippen MR) is 65.7 cm³/mol. The second-order valence-corrected chi connectivity index (χ2v) is 3.93. The van der Waals surface area contributed by atoms with Crippen LogP contribution in [0.25, 0.3) is 11.0 Å². The topological polar surface area (TPSA) is 79.9 Å². The maximum atomic E-state index is 11.1. The van der Waals surface area contributed by atoms with Crippen molar-refractivity contribution in [3.05, 3.63) is 40.8 Å². The average Bonchev–Trinajstić information content (AvgIpc) is 2.38. The van der Waals surface area contributed by atoms with Gasteiger partial charge in [-0.2, -0.15) is 0 Å². The molecule has 2 N–H and O–H groups in total. The molecule has 0 aliphatic rings.